The maximum absolute atomic E-state index is 12.5. The average molecular weight is 365 g/mol. The van der Waals surface area contributed by atoms with Crippen LogP contribution in [0.15, 0.2) is 29.6 Å². The van der Waals surface area contributed by atoms with Gasteiger partial charge in [-0.15, -0.1) is 0 Å². The molecule has 132 valence electrons. The molecule has 0 spiro atoms. The molecule has 0 unspecified atom stereocenters. The maximum Gasteiger partial charge on any atom is 0.387 e. The van der Waals surface area contributed by atoms with Gasteiger partial charge in [0, 0.05) is 24.1 Å². The molecule has 0 saturated carbocycles. The van der Waals surface area contributed by atoms with E-state index in [1.807, 2.05) is 13.0 Å². The van der Waals surface area contributed by atoms with E-state index in [9.17, 15) is 8.78 Å². The Morgan fingerprint density at radius 3 is 2.76 bits per heavy atom. The number of ether oxygens (including phenoxy) is 2. The first kappa shape index (κ1) is 17.5. The summed E-state index contributed by atoms with van der Waals surface area (Å²) in [6.07, 6.45) is 1.69. The van der Waals surface area contributed by atoms with Crippen LogP contribution in [0, 0.1) is 13.8 Å². The minimum Gasteiger partial charge on any atom is -0.497 e. The molecule has 0 fully saturated rings. The van der Waals surface area contributed by atoms with Gasteiger partial charge in [0.1, 0.15) is 11.5 Å². The van der Waals surface area contributed by atoms with Crippen molar-refractivity contribution in [2.75, 3.05) is 7.11 Å². The van der Waals surface area contributed by atoms with E-state index in [4.69, 9.17) is 4.74 Å². The van der Waals surface area contributed by atoms with Gasteiger partial charge in [0.25, 0.3) is 0 Å². The van der Waals surface area contributed by atoms with Crippen molar-refractivity contribution in [1.82, 2.24) is 15.0 Å². The van der Waals surface area contributed by atoms with Crippen molar-refractivity contribution in [3.63, 3.8) is 0 Å². The van der Waals surface area contributed by atoms with E-state index in [1.165, 1.54) is 11.8 Å². The summed E-state index contributed by atoms with van der Waals surface area (Å²) in [6.45, 7) is 0.731. The highest BCUT2D eigenvalue weighted by Gasteiger charge is 2.15. The highest BCUT2D eigenvalue weighted by atomic mass is 32.2. The van der Waals surface area contributed by atoms with Crippen LogP contribution < -0.4 is 9.47 Å². The third-order valence-corrected chi connectivity index (χ3v) is 4.78. The lowest BCUT2D eigenvalue weighted by Crippen LogP contribution is -2.04. The Balaban J connectivity index is 1.84. The number of halogens is 2. The Bertz CT molecular complexity index is 899. The summed E-state index contributed by atoms with van der Waals surface area (Å²) >= 11 is 1.48. The standard InChI is InChI=1S/C17H17F2N3O2S/c1-9-10(2)15-13(7-14(9)24-16(18)19)21-17(22-15)25-8-11-6-12(23-3)4-5-20-11/h4-7,16H,8H2,1-3H3,(H,21,22). The van der Waals surface area contributed by atoms with Crippen LogP contribution in [0.4, 0.5) is 8.78 Å². The van der Waals surface area contributed by atoms with E-state index in [-0.39, 0.29) is 5.75 Å². The second kappa shape index (κ2) is 7.26. The Kier molecular flexibility index (Phi) is 5.08. The van der Waals surface area contributed by atoms with E-state index in [0.29, 0.717) is 22.0 Å². The summed E-state index contributed by atoms with van der Waals surface area (Å²) in [7, 11) is 1.61. The molecule has 0 atom stereocenters. The number of hydrogen-bond donors (Lipinski definition) is 1. The van der Waals surface area contributed by atoms with E-state index < -0.39 is 6.61 Å². The second-order valence-electron chi connectivity index (χ2n) is 5.42. The van der Waals surface area contributed by atoms with Crippen LogP contribution in [0.25, 0.3) is 11.0 Å². The van der Waals surface area contributed by atoms with Gasteiger partial charge in [0.15, 0.2) is 5.16 Å². The minimum absolute atomic E-state index is 0.162. The number of fused-ring (bicyclic) bond motifs is 1. The molecule has 3 rings (SSSR count). The number of aryl methyl sites for hydroxylation is 1. The van der Waals surface area contributed by atoms with Crippen LogP contribution in [0.2, 0.25) is 0 Å². The lowest BCUT2D eigenvalue weighted by molar-refractivity contribution is -0.0502. The number of alkyl halides is 2. The van der Waals surface area contributed by atoms with E-state index in [0.717, 1.165) is 22.5 Å². The van der Waals surface area contributed by atoms with Crippen molar-refractivity contribution >= 4 is 22.8 Å². The summed E-state index contributed by atoms with van der Waals surface area (Å²) in [5.74, 6) is 1.51. The fourth-order valence-electron chi connectivity index (χ4n) is 2.45. The number of rotatable bonds is 6. The number of nitrogens with one attached hydrogen (secondary N) is 1. The molecule has 0 aliphatic rings. The predicted octanol–water partition coefficient (Wildman–Crippen LogP) is 4.48. The van der Waals surface area contributed by atoms with Crippen molar-refractivity contribution < 1.29 is 18.3 Å². The molecular weight excluding hydrogens is 348 g/mol. The summed E-state index contributed by atoms with van der Waals surface area (Å²) in [5.41, 5.74) is 3.75. The average Bonchev–Trinajstić information content (AvgIpc) is 3.00. The lowest BCUT2D eigenvalue weighted by Gasteiger charge is -2.10. The molecule has 25 heavy (non-hydrogen) atoms. The Morgan fingerprint density at radius 1 is 1.24 bits per heavy atom. The topological polar surface area (TPSA) is 60.0 Å². The van der Waals surface area contributed by atoms with Gasteiger partial charge in [-0.05, 0) is 31.0 Å². The van der Waals surface area contributed by atoms with E-state index in [2.05, 4.69) is 19.7 Å². The third-order valence-electron chi connectivity index (χ3n) is 3.87. The largest absolute Gasteiger partial charge is 0.497 e. The Labute approximate surface area is 147 Å². The molecule has 2 heterocycles. The van der Waals surface area contributed by atoms with Crippen LogP contribution in [-0.2, 0) is 5.75 Å². The molecule has 0 aliphatic carbocycles. The molecule has 5 nitrogen and oxygen atoms in total. The predicted molar refractivity (Wildman–Crippen MR) is 92.5 cm³/mol. The smallest absolute Gasteiger partial charge is 0.387 e. The van der Waals surface area contributed by atoms with Gasteiger partial charge in [-0.25, -0.2) is 4.98 Å². The fourth-order valence-corrected chi connectivity index (χ4v) is 3.23. The molecule has 0 aliphatic heterocycles. The van der Waals surface area contributed by atoms with Crippen molar-refractivity contribution in [3.8, 4) is 11.5 Å². The number of nitrogens with zero attached hydrogens (tertiary/aromatic N) is 2. The summed E-state index contributed by atoms with van der Waals surface area (Å²) in [6, 6.07) is 5.20. The van der Waals surface area contributed by atoms with E-state index in [1.54, 1.807) is 32.4 Å². The van der Waals surface area contributed by atoms with Crippen molar-refractivity contribution in [2.45, 2.75) is 31.4 Å². The molecule has 1 aromatic carbocycles. The van der Waals surface area contributed by atoms with Crippen LogP contribution in [0.3, 0.4) is 0 Å². The van der Waals surface area contributed by atoms with Gasteiger partial charge in [-0.2, -0.15) is 8.78 Å². The molecular formula is C17H17F2N3O2S. The molecule has 0 bridgehead atoms. The molecule has 0 radical (unpaired) electrons. The van der Waals surface area contributed by atoms with E-state index >= 15 is 0 Å². The Hall–Kier alpha value is -2.35. The van der Waals surface area contributed by atoms with Crippen molar-refractivity contribution in [2.24, 2.45) is 0 Å². The molecule has 2 aromatic heterocycles. The fraction of sp³-hybridized carbons (Fsp3) is 0.294. The van der Waals surface area contributed by atoms with Crippen molar-refractivity contribution in [3.05, 3.63) is 41.2 Å². The quantitative estimate of drug-likeness (QED) is 0.653. The highest BCUT2D eigenvalue weighted by Crippen LogP contribution is 2.32. The first-order chi connectivity index (χ1) is 12.0. The highest BCUT2D eigenvalue weighted by molar-refractivity contribution is 7.98. The first-order valence-electron chi connectivity index (χ1n) is 7.54. The molecule has 0 saturated heterocycles. The van der Waals surface area contributed by atoms with Gasteiger partial charge in [-0.1, -0.05) is 11.8 Å². The van der Waals surface area contributed by atoms with Gasteiger partial charge >= 0.3 is 6.61 Å². The van der Waals surface area contributed by atoms with Gasteiger partial charge in [0.05, 0.1) is 23.8 Å². The zero-order valence-electron chi connectivity index (χ0n) is 14.0. The van der Waals surface area contributed by atoms with Crippen LogP contribution >= 0.6 is 11.8 Å². The van der Waals surface area contributed by atoms with Gasteiger partial charge in [-0.3, -0.25) is 4.98 Å². The normalized spacial score (nSPS) is 11.3. The van der Waals surface area contributed by atoms with Crippen LogP contribution in [-0.4, -0.2) is 28.7 Å². The maximum atomic E-state index is 12.5. The molecule has 0 amide bonds. The number of H-pyrrole nitrogens is 1. The number of benzene rings is 1. The molecule has 1 N–H and O–H groups in total. The van der Waals surface area contributed by atoms with Crippen molar-refractivity contribution in [1.29, 1.82) is 0 Å². The number of aromatic nitrogens is 3. The SMILES string of the molecule is COc1ccnc(CSc2nc3c(C)c(C)c(OC(F)F)cc3[nH]2)c1. The number of thioether (sulfide) groups is 1. The van der Waals surface area contributed by atoms with Gasteiger partial charge < -0.3 is 14.5 Å². The number of hydrogen-bond acceptors (Lipinski definition) is 5. The Morgan fingerprint density at radius 2 is 2.04 bits per heavy atom. The van der Waals surface area contributed by atoms with Crippen LogP contribution in [0.5, 0.6) is 11.5 Å². The first-order valence-corrected chi connectivity index (χ1v) is 8.53. The number of imidazole rings is 1. The minimum atomic E-state index is -2.86. The lowest BCUT2D eigenvalue weighted by atomic mass is 10.1. The molecule has 3 aromatic rings. The third kappa shape index (κ3) is 3.84. The zero-order valence-corrected chi connectivity index (χ0v) is 14.8. The van der Waals surface area contributed by atoms with Crippen LogP contribution in [0.1, 0.15) is 16.8 Å². The zero-order chi connectivity index (χ0) is 18.0. The summed E-state index contributed by atoms with van der Waals surface area (Å²) < 4.78 is 34.8. The summed E-state index contributed by atoms with van der Waals surface area (Å²) in [5, 5.41) is 0.691. The number of pyridine rings is 1. The monoisotopic (exact) mass is 365 g/mol. The number of methoxy groups -OCH3 is 1. The number of aromatic amines is 1. The second-order valence-corrected chi connectivity index (χ2v) is 6.38. The summed E-state index contributed by atoms with van der Waals surface area (Å²) in [4.78, 5) is 12.0. The molecule has 8 heteroatoms. The van der Waals surface area contributed by atoms with Gasteiger partial charge in [0.2, 0.25) is 0 Å².